The van der Waals surface area contributed by atoms with Crippen LogP contribution in [0.25, 0.3) is 0 Å². The van der Waals surface area contributed by atoms with Gasteiger partial charge in [0, 0.05) is 6.07 Å². The van der Waals surface area contributed by atoms with Crippen LogP contribution in [0.1, 0.15) is 5.76 Å². The Hall–Kier alpha value is -0.910. The number of β-amino-alcohol motifs (C(OH)–C–C–N with tert-alkyl or cyclic N) is 1. The molecule has 12 heavy (non-hydrogen) atoms. The van der Waals surface area contributed by atoms with Crippen molar-refractivity contribution in [2.75, 3.05) is 13.2 Å². The summed E-state index contributed by atoms with van der Waals surface area (Å²) in [6.45, 7) is 1.44. The zero-order chi connectivity index (χ0) is 8.39. The molecule has 1 atom stereocenters. The minimum absolute atomic E-state index is 0.369. The van der Waals surface area contributed by atoms with Crippen LogP contribution >= 0.6 is 0 Å². The average molecular weight is 170 g/mol. The zero-order valence-corrected chi connectivity index (χ0v) is 6.51. The van der Waals surface area contributed by atoms with E-state index in [-0.39, 0.29) is 6.10 Å². The normalized spacial score (nSPS) is 24.9. The first-order chi connectivity index (χ1) is 5.84. The second-order valence-electron chi connectivity index (χ2n) is 2.75. The van der Waals surface area contributed by atoms with Gasteiger partial charge < -0.3 is 9.63 Å². The largest absolute Gasteiger partial charge is 0.389 e. The highest BCUT2D eigenvalue weighted by Crippen LogP contribution is 2.10. The Bertz CT molecular complexity index is 237. The van der Waals surface area contributed by atoms with Gasteiger partial charge in [-0.3, -0.25) is 4.84 Å². The van der Waals surface area contributed by atoms with Crippen molar-refractivity contribution in [3.05, 3.63) is 18.0 Å². The number of nitrogens with zero attached hydrogens (tertiary/aromatic N) is 2. The van der Waals surface area contributed by atoms with Crippen LogP contribution in [-0.2, 0) is 11.4 Å². The van der Waals surface area contributed by atoms with Gasteiger partial charge >= 0.3 is 0 Å². The predicted octanol–water partition coefficient (Wildman–Crippen LogP) is -0.217. The molecule has 1 aromatic heterocycles. The summed E-state index contributed by atoms with van der Waals surface area (Å²) in [5.41, 5.74) is 0. The summed E-state index contributed by atoms with van der Waals surface area (Å²) >= 11 is 0. The fourth-order valence-electron chi connectivity index (χ4n) is 1.14. The standard InChI is InChI=1S/C7H10N2O3/c10-6-3-9(11-5-6)4-7-1-2-8-12-7/h1-2,6,10H,3-5H2/t6-/m1/s1. The van der Waals surface area contributed by atoms with Crippen molar-refractivity contribution in [3.8, 4) is 0 Å². The average Bonchev–Trinajstić information content (AvgIpc) is 2.63. The van der Waals surface area contributed by atoms with E-state index in [9.17, 15) is 0 Å². The van der Waals surface area contributed by atoms with Crippen molar-refractivity contribution in [2.24, 2.45) is 0 Å². The third kappa shape index (κ3) is 1.63. The van der Waals surface area contributed by atoms with E-state index in [0.717, 1.165) is 5.76 Å². The molecular formula is C7H10N2O3. The van der Waals surface area contributed by atoms with Crippen LogP contribution in [0.3, 0.4) is 0 Å². The third-order valence-corrected chi connectivity index (χ3v) is 1.69. The van der Waals surface area contributed by atoms with Crippen molar-refractivity contribution >= 4 is 0 Å². The predicted molar refractivity (Wildman–Crippen MR) is 38.9 cm³/mol. The van der Waals surface area contributed by atoms with Gasteiger partial charge in [-0.2, -0.15) is 5.06 Å². The van der Waals surface area contributed by atoms with Crippen molar-refractivity contribution in [2.45, 2.75) is 12.6 Å². The Balaban J connectivity index is 1.88. The number of aliphatic hydroxyl groups is 1. The minimum Gasteiger partial charge on any atom is -0.389 e. The summed E-state index contributed by atoms with van der Waals surface area (Å²) in [6.07, 6.45) is 1.20. The zero-order valence-electron chi connectivity index (χ0n) is 6.51. The van der Waals surface area contributed by atoms with E-state index in [1.165, 1.54) is 0 Å². The van der Waals surface area contributed by atoms with Gasteiger partial charge in [0.25, 0.3) is 0 Å². The maximum absolute atomic E-state index is 9.12. The highest BCUT2D eigenvalue weighted by Gasteiger charge is 2.22. The van der Waals surface area contributed by atoms with Crippen molar-refractivity contribution in [1.29, 1.82) is 0 Å². The quantitative estimate of drug-likeness (QED) is 0.665. The van der Waals surface area contributed by atoms with E-state index in [1.807, 2.05) is 0 Å². The Kier molecular flexibility index (Phi) is 2.07. The summed E-state index contributed by atoms with van der Waals surface area (Å²) in [4.78, 5) is 5.13. The molecule has 1 saturated heterocycles. The SMILES string of the molecule is O[C@H]1CON(Cc2ccno2)C1. The first-order valence-electron chi connectivity index (χ1n) is 3.80. The molecule has 2 heterocycles. The number of hydrogen-bond acceptors (Lipinski definition) is 5. The third-order valence-electron chi connectivity index (χ3n) is 1.69. The smallest absolute Gasteiger partial charge is 0.153 e. The monoisotopic (exact) mass is 170 g/mol. The summed E-state index contributed by atoms with van der Waals surface area (Å²) < 4.78 is 4.88. The molecule has 1 aromatic rings. The molecule has 0 radical (unpaired) electrons. The summed E-state index contributed by atoms with van der Waals surface area (Å²) in [5, 5.41) is 14.3. The topological polar surface area (TPSA) is 58.7 Å². The van der Waals surface area contributed by atoms with E-state index in [0.29, 0.717) is 19.7 Å². The first-order valence-corrected chi connectivity index (χ1v) is 3.80. The van der Waals surface area contributed by atoms with Crippen molar-refractivity contribution in [3.63, 3.8) is 0 Å². The number of aromatic nitrogens is 1. The molecule has 2 rings (SSSR count). The van der Waals surface area contributed by atoms with Crippen LogP contribution < -0.4 is 0 Å². The van der Waals surface area contributed by atoms with Crippen LogP contribution in [0.4, 0.5) is 0 Å². The van der Waals surface area contributed by atoms with Crippen LogP contribution in [0, 0.1) is 0 Å². The van der Waals surface area contributed by atoms with Crippen LogP contribution in [0.5, 0.6) is 0 Å². The molecule has 66 valence electrons. The van der Waals surface area contributed by atoms with Gasteiger partial charge in [-0.05, 0) is 0 Å². The Labute approximate surface area is 69.5 Å². The summed E-state index contributed by atoms with van der Waals surface area (Å²) in [7, 11) is 0. The van der Waals surface area contributed by atoms with Gasteiger partial charge in [-0.15, -0.1) is 0 Å². The van der Waals surface area contributed by atoms with Crippen LogP contribution in [0.2, 0.25) is 0 Å². The van der Waals surface area contributed by atoms with Crippen molar-refractivity contribution < 1.29 is 14.5 Å². The molecule has 0 bridgehead atoms. The van der Waals surface area contributed by atoms with Gasteiger partial charge in [0.1, 0.15) is 0 Å². The fraction of sp³-hybridized carbons (Fsp3) is 0.571. The molecule has 1 fully saturated rings. The number of aliphatic hydroxyl groups excluding tert-OH is 1. The molecule has 1 aliphatic rings. The van der Waals surface area contributed by atoms with E-state index in [1.54, 1.807) is 17.3 Å². The van der Waals surface area contributed by atoms with E-state index >= 15 is 0 Å². The van der Waals surface area contributed by atoms with Gasteiger partial charge in [-0.1, -0.05) is 5.16 Å². The molecule has 0 saturated carbocycles. The van der Waals surface area contributed by atoms with Crippen molar-refractivity contribution in [1.82, 2.24) is 10.2 Å². The second kappa shape index (κ2) is 3.22. The maximum atomic E-state index is 9.12. The van der Waals surface area contributed by atoms with E-state index < -0.39 is 0 Å². The first kappa shape index (κ1) is 7.72. The lowest BCUT2D eigenvalue weighted by molar-refractivity contribution is -0.121. The maximum Gasteiger partial charge on any atom is 0.153 e. The van der Waals surface area contributed by atoms with Gasteiger partial charge in [0.15, 0.2) is 5.76 Å². The van der Waals surface area contributed by atoms with Crippen LogP contribution in [-0.4, -0.2) is 34.6 Å². The molecule has 0 spiro atoms. The second-order valence-corrected chi connectivity index (χ2v) is 2.75. The molecule has 1 aliphatic heterocycles. The molecule has 0 unspecified atom stereocenters. The molecule has 1 N–H and O–H groups in total. The van der Waals surface area contributed by atoms with Gasteiger partial charge in [0.05, 0.1) is 32.0 Å². The van der Waals surface area contributed by atoms with Gasteiger partial charge in [-0.25, -0.2) is 0 Å². The highest BCUT2D eigenvalue weighted by atomic mass is 16.7. The molecule has 5 heteroatoms. The molecule has 5 nitrogen and oxygen atoms in total. The van der Waals surface area contributed by atoms with E-state index in [4.69, 9.17) is 14.5 Å². The lowest BCUT2D eigenvalue weighted by Crippen LogP contribution is -2.20. The molecule has 0 aliphatic carbocycles. The number of rotatable bonds is 2. The summed E-state index contributed by atoms with van der Waals surface area (Å²) in [6, 6.07) is 1.77. The Morgan fingerprint density at radius 3 is 3.25 bits per heavy atom. The summed E-state index contributed by atoms with van der Waals surface area (Å²) in [5.74, 6) is 0.740. The lowest BCUT2D eigenvalue weighted by Gasteiger charge is -2.09. The minimum atomic E-state index is -0.382. The molecular weight excluding hydrogens is 160 g/mol. The Morgan fingerprint density at radius 1 is 1.75 bits per heavy atom. The molecule has 0 amide bonds. The fourth-order valence-corrected chi connectivity index (χ4v) is 1.14. The number of hydrogen-bond donors (Lipinski definition) is 1. The number of hydroxylamine groups is 2. The van der Waals surface area contributed by atoms with Crippen LogP contribution in [0.15, 0.2) is 16.8 Å². The highest BCUT2D eigenvalue weighted by molar-refractivity contribution is 4.92. The Morgan fingerprint density at radius 2 is 2.67 bits per heavy atom. The molecule has 0 aromatic carbocycles. The van der Waals surface area contributed by atoms with Gasteiger partial charge in [0.2, 0.25) is 0 Å². The lowest BCUT2D eigenvalue weighted by atomic mass is 10.4. The van der Waals surface area contributed by atoms with E-state index in [2.05, 4.69) is 5.16 Å².